The molecule has 2 radical (unpaired) electrons. The van der Waals surface area contributed by atoms with E-state index in [1.165, 1.54) is 11.0 Å². The number of para-hydroxylation sites is 1. The lowest BCUT2D eigenvalue weighted by molar-refractivity contribution is -0.156. The molecule has 4 aliphatic rings. The number of carbonyl (C=O) groups excluding carboxylic acids is 4. The first-order chi connectivity index (χ1) is 24.1. The van der Waals surface area contributed by atoms with Gasteiger partial charge in [-0.15, -0.1) is 0 Å². The standard InChI is InChI=1S/C36H44BN5O8/c37-28-21-23(5-6-30(28)43)22-31(32(44)39-14-7-24(8-15-39)25-9-16-40(17-10-25)33(45)34(46)47)50-36(49)41-18-12-27(13-19-41)42-20-11-26-3-1-2-4-29(26)38-35(42)48/h1-6,21,24-25,27,31,43H,7-20,22H2,(H,38,48)(H,46,47)/t31-/m1/s1. The van der Waals surface area contributed by atoms with Crippen molar-refractivity contribution in [2.75, 3.05) is 51.1 Å². The maximum absolute atomic E-state index is 14.0. The number of aliphatic carboxylic acids is 1. The predicted molar refractivity (Wildman–Crippen MR) is 184 cm³/mol. The van der Waals surface area contributed by atoms with Crippen molar-refractivity contribution in [2.24, 2.45) is 11.8 Å². The third-order valence-corrected chi connectivity index (χ3v) is 10.9. The summed E-state index contributed by atoms with van der Waals surface area (Å²) in [5.41, 5.74) is 2.73. The Labute approximate surface area is 292 Å². The second-order valence-corrected chi connectivity index (χ2v) is 13.8. The Morgan fingerprint density at radius 2 is 1.46 bits per heavy atom. The molecule has 3 N–H and O–H groups in total. The molecule has 2 aromatic rings. The number of urea groups is 1. The second-order valence-electron chi connectivity index (χ2n) is 13.8. The number of aromatic hydroxyl groups is 1. The van der Waals surface area contributed by atoms with Crippen LogP contribution in [0.3, 0.4) is 0 Å². The summed E-state index contributed by atoms with van der Waals surface area (Å²) in [6.45, 7) is 3.18. The highest BCUT2D eigenvalue weighted by molar-refractivity contribution is 6.34. The molecule has 5 amide bonds. The summed E-state index contributed by atoms with van der Waals surface area (Å²) >= 11 is 0. The maximum atomic E-state index is 14.0. The van der Waals surface area contributed by atoms with Crippen LogP contribution in [0.1, 0.15) is 49.7 Å². The zero-order valence-electron chi connectivity index (χ0n) is 28.2. The monoisotopic (exact) mass is 685 g/mol. The van der Waals surface area contributed by atoms with Gasteiger partial charge in [0.2, 0.25) is 0 Å². The topological polar surface area (TPSA) is 160 Å². The third-order valence-electron chi connectivity index (χ3n) is 10.9. The molecular weight excluding hydrogens is 641 g/mol. The van der Waals surface area contributed by atoms with Crippen molar-refractivity contribution in [1.82, 2.24) is 19.6 Å². The van der Waals surface area contributed by atoms with Crippen molar-refractivity contribution in [3.8, 4) is 5.75 Å². The molecule has 3 saturated heterocycles. The number of piperidine rings is 3. The fourth-order valence-corrected chi connectivity index (χ4v) is 7.92. The van der Waals surface area contributed by atoms with Crippen molar-refractivity contribution < 1.29 is 38.9 Å². The number of hydrogen-bond acceptors (Lipinski definition) is 7. The summed E-state index contributed by atoms with van der Waals surface area (Å²) in [4.78, 5) is 70.1. The lowest BCUT2D eigenvalue weighted by Crippen LogP contribution is -2.52. The first-order valence-electron chi connectivity index (χ1n) is 17.6. The SMILES string of the molecule is [B]c1cc(C[C@@H](OC(=O)N2CCC(N3CCc4ccccc4NC3=O)CC2)C(=O)N2CCC(C3CCN(C(=O)C(=O)O)CC3)CC2)ccc1O. The molecular formula is C36H44BN5O8. The molecule has 1 atom stereocenters. The second kappa shape index (κ2) is 15.4. The first kappa shape index (κ1) is 35.1. The molecule has 13 nitrogen and oxygen atoms in total. The van der Waals surface area contributed by atoms with Gasteiger partial charge in [-0.3, -0.25) is 9.59 Å². The Balaban J connectivity index is 1.05. The number of amides is 5. The Hall–Kier alpha value is -4.75. The molecule has 0 unspecified atom stereocenters. The molecule has 4 aliphatic heterocycles. The van der Waals surface area contributed by atoms with Crippen molar-refractivity contribution in [1.29, 1.82) is 0 Å². The van der Waals surface area contributed by atoms with Gasteiger partial charge in [0, 0.05) is 64.0 Å². The minimum atomic E-state index is -1.43. The number of nitrogens with zero attached hydrogens (tertiary/aromatic N) is 4. The average molecular weight is 686 g/mol. The predicted octanol–water partition coefficient (Wildman–Crippen LogP) is 2.35. The molecule has 264 valence electrons. The van der Waals surface area contributed by atoms with Gasteiger partial charge in [-0.1, -0.05) is 35.8 Å². The van der Waals surface area contributed by atoms with Crippen LogP contribution in [0.2, 0.25) is 0 Å². The third kappa shape index (κ3) is 8.00. The lowest BCUT2D eigenvalue weighted by atomic mass is 9.78. The van der Waals surface area contributed by atoms with E-state index in [0.29, 0.717) is 76.1 Å². The van der Waals surface area contributed by atoms with Gasteiger partial charge < -0.3 is 39.9 Å². The smallest absolute Gasteiger partial charge is 0.410 e. The number of benzene rings is 2. The largest absolute Gasteiger partial charge is 0.509 e. The highest BCUT2D eigenvalue weighted by Gasteiger charge is 2.37. The Morgan fingerprint density at radius 1 is 0.840 bits per heavy atom. The number of carbonyl (C=O) groups is 5. The number of ether oxygens (including phenoxy) is 1. The summed E-state index contributed by atoms with van der Waals surface area (Å²) in [5, 5.41) is 22.0. The van der Waals surface area contributed by atoms with E-state index in [-0.39, 0.29) is 35.6 Å². The van der Waals surface area contributed by atoms with E-state index in [1.807, 2.05) is 29.2 Å². The maximum Gasteiger partial charge on any atom is 0.410 e. The van der Waals surface area contributed by atoms with E-state index in [1.54, 1.807) is 21.9 Å². The lowest BCUT2D eigenvalue weighted by Gasteiger charge is -2.40. The molecule has 4 heterocycles. The van der Waals surface area contributed by atoms with E-state index >= 15 is 0 Å². The number of fused-ring (bicyclic) bond motifs is 1. The summed E-state index contributed by atoms with van der Waals surface area (Å²) < 4.78 is 5.95. The quantitative estimate of drug-likeness (QED) is 0.309. The van der Waals surface area contributed by atoms with E-state index in [2.05, 4.69) is 5.32 Å². The number of hydrogen-bond donors (Lipinski definition) is 3. The Morgan fingerprint density at radius 3 is 2.10 bits per heavy atom. The number of likely N-dealkylation sites (tertiary alicyclic amines) is 3. The van der Waals surface area contributed by atoms with Crippen LogP contribution in [0.5, 0.6) is 5.75 Å². The molecule has 0 aliphatic carbocycles. The van der Waals surface area contributed by atoms with Gasteiger partial charge in [0.05, 0.1) is 0 Å². The molecule has 0 aromatic heterocycles. The van der Waals surface area contributed by atoms with Gasteiger partial charge in [-0.2, -0.15) is 0 Å². The molecule has 2 aromatic carbocycles. The summed E-state index contributed by atoms with van der Waals surface area (Å²) in [5.74, 6) is -1.96. The zero-order chi connectivity index (χ0) is 35.4. The van der Waals surface area contributed by atoms with Gasteiger partial charge in [0.25, 0.3) is 5.91 Å². The number of phenols is 1. The van der Waals surface area contributed by atoms with Crippen LogP contribution in [-0.4, -0.2) is 126 Å². The molecule has 3 fully saturated rings. The van der Waals surface area contributed by atoms with Crippen LogP contribution in [-0.2, 0) is 32.0 Å². The molecule has 6 rings (SSSR count). The van der Waals surface area contributed by atoms with E-state index in [9.17, 15) is 29.1 Å². The fraction of sp³-hybridized carbons (Fsp3) is 0.528. The first-order valence-corrected chi connectivity index (χ1v) is 17.6. The Kier molecular flexibility index (Phi) is 10.8. The molecule has 50 heavy (non-hydrogen) atoms. The van der Waals surface area contributed by atoms with Gasteiger partial charge in [-0.25, -0.2) is 14.4 Å². The fourth-order valence-electron chi connectivity index (χ4n) is 7.92. The summed E-state index contributed by atoms with van der Waals surface area (Å²) in [6, 6.07) is 12.3. The zero-order valence-corrected chi connectivity index (χ0v) is 28.2. The van der Waals surface area contributed by atoms with Gasteiger partial charge in [0.15, 0.2) is 6.10 Å². The van der Waals surface area contributed by atoms with Crippen LogP contribution in [0.4, 0.5) is 15.3 Å². The Bertz CT molecular complexity index is 1600. The van der Waals surface area contributed by atoms with Crippen molar-refractivity contribution in [3.05, 3.63) is 53.6 Å². The highest BCUT2D eigenvalue weighted by atomic mass is 16.6. The average Bonchev–Trinajstić information content (AvgIpc) is 3.30. The number of carboxylic acid groups (broad SMARTS) is 1. The van der Waals surface area contributed by atoms with Crippen LogP contribution in [0, 0.1) is 11.8 Å². The van der Waals surface area contributed by atoms with Gasteiger partial charge in [-0.05, 0) is 80.0 Å². The number of anilines is 1. The van der Waals surface area contributed by atoms with Crippen molar-refractivity contribution in [2.45, 2.75) is 63.5 Å². The van der Waals surface area contributed by atoms with Gasteiger partial charge >= 0.3 is 24.0 Å². The van der Waals surface area contributed by atoms with E-state index in [0.717, 1.165) is 43.4 Å². The van der Waals surface area contributed by atoms with Crippen LogP contribution in [0.25, 0.3) is 0 Å². The number of rotatable bonds is 6. The van der Waals surface area contributed by atoms with E-state index in [4.69, 9.17) is 17.7 Å². The molecule has 0 spiro atoms. The van der Waals surface area contributed by atoms with Crippen LogP contribution < -0.4 is 10.8 Å². The molecule has 0 saturated carbocycles. The number of phenolic OH excluding ortho intramolecular Hbond substituents is 1. The summed E-state index contributed by atoms with van der Waals surface area (Å²) in [7, 11) is 5.93. The number of nitrogens with one attached hydrogen (secondary N) is 1. The van der Waals surface area contributed by atoms with Crippen molar-refractivity contribution in [3.63, 3.8) is 0 Å². The van der Waals surface area contributed by atoms with Crippen LogP contribution in [0.15, 0.2) is 42.5 Å². The van der Waals surface area contributed by atoms with E-state index < -0.39 is 24.1 Å². The normalized spacial score (nSPS) is 20.0. The van der Waals surface area contributed by atoms with Crippen molar-refractivity contribution >= 4 is 48.9 Å². The highest BCUT2D eigenvalue weighted by Crippen LogP contribution is 2.33. The van der Waals surface area contributed by atoms with Crippen LogP contribution >= 0.6 is 0 Å². The minimum absolute atomic E-state index is 0.0306. The summed E-state index contributed by atoms with van der Waals surface area (Å²) in [6.07, 6.45) is 3.31. The van der Waals surface area contributed by atoms with Gasteiger partial charge in [0.1, 0.15) is 13.6 Å². The minimum Gasteiger partial charge on any atom is -0.509 e. The number of carboxylic acids is 1. The molecule has 14 heteroatoms. The molecule has 0 bridgehead atoms.